The van der Waals surface area contributed by atoms with E-state index in [1.165, 1.54) is 0 Å². The fourth-order valence-electron chi connectivity index (χ4n) is 4.83. The van der Waals surface area contributed by atoms with Crippen molar-refractivity contribution in [3.8, 4) is 11.5 Å². The van der Waals surface area contributed by atoms with E-state index in [1.807, 2.05) is 36.4 Å². The molecule has 0 aliphatic carbocycles. The molecule has 0 aromatic heterocycles. The highest BCUT2D eigenvalue weighted by Crippen LogP contribution is 2.50. The highest BCUT2D eigenvalue weighted by atomic mass is 16.3. The van der Waals surface area contributed by atoms with Crippen LogP contribution in [0.4, 0.5) is 0 Å². The normalized spacial score (nSPS) is 12.1. The summed E-state index contributed by atoms with van der Waals surface area (Å²) in [7, 11) is 0. The second-order valence-corrected chi connectivity index (χ2v) is 8.29. The molecule has 0 heterocycles. The third kappa shape index (κ3) is 2.90. The summed E-state index contributed by atoms with van der Waals surface area (Å²) in [5.41, 5.74) is 1.21. The van der Waals surface area contributed by atoms with Gasteiger partial charge in [-0.25, -0.2) is 0 Å². The molecule has 0 radical (unpaired) electrons. The van der Waals surface area contributed by atoms with Crippen LogP contribution in [0.1, 0.15) is 38.3 Å². The zero-order chi connectivity index (χ0) is 19.9. The van der Waals surface area contributed by atoms with Crippen LogP contribution in [0.15, 0.2) is 72.8 Å². The van der Waals surface area contributed by atoms with Crippen molar-refractivity contribution in [3.63, 3.8) is 0 Å². The number of phenolic OH excluding ortho intramolecular Hbond substituents is 2. The molecule has 4 aromatic carbocycles. The van der Waals surface area contributed by atoms with E-state index in [0.29, 0.717) is 5.92 Å². The summed E-state index contributed by atoms with van der Waals surface area (Å²) < 4.78 is 0. The lowest BCUT2D eigenvalue weighted by atomic mass is 9.68. The predicted octanol–water partition coefficient (Wildman–Crippen LogP) is 6.76. The summed E-state index contributed by atoms with van der Waals surface area (Å²) in [6, 6.07) is 23.7. The predicted molar refractivity (Wildman–Crippen MR) is 117 cm³/mol. The fourth-order valence-corrected chi connectivity index (χ4v) is 4.83. The van der Waals surface area contributed by atoms with Crippen molar-refractivity contribution in [2.75, 3.05) is 0 Å². The third-order valence-corrected chi connectivity index (χ3v) is 5.73. The first-order chi connectivity index (χ1) is 13.4. The largest absolute Gasteiger partial charge is 0.508 e. The average molecular weight is 370 g/mol. The maximum Gasteiger partial charge on any atom is 0.120 e. The van der Waals surface area contributed by atoms with E-state index in [1.54, 1.807) is 12.1 Å². The van der Waals surface area contributed by atoms with E-state index in [9.17, 15) is 10.2 Å². The van der Waals surface area contributed by atoms with Crippen LogP contribution in [-0.2, 0) is 5.41 Å². The van der Waals surface area contributed by atoms with Crippen LogP contribution in [0.25, 0.3) is 21.5 Å². The third-order valence-electron chi connectivity index (χ3n) is 5.73. The van der Waals surface area contributed by atoms with Gasteiger partial charge in [0.15, 0.2) is 0 Å². The van der Waals surface area contributed by atoms with Gasteiger partial charge in [-0.15, -0.1) is 0 Å². The summed E-state index contributed by atoms with van der Waals surface area (Å²) in [5.74, 6) is 0.921. The first-order valence-corrected chi connectivity index (χ1v) is 9.84. The minimum Gasteiger partial charge on any atom is -0.508 e. The Labute approximate surface area is 166 Å². The first kappa shape index (κ1) is 18.4. The van der Waals surface area contributed by atoms with Crippen LogP contribution < -0.4 is 0 Å². The second-order valence-electron chi connectivity index (χ2n) is 8.29. The molecule has 2 heteroatoms. The fraction of sp³-hybridized carbons (Fsp3) is 0.231. The molecule has 0 bridgehead atoms. The molecule has 0 saturated carbocycles. The van der Waals surface area contributed by atoms with Gasteiger partial charge in [0.1, 0.15) is 11.5 Å². The molecule has 0 unspecified atom stereocenters. The van der Waals surface area contributed by atoms with Crippen molar-refractivity contribution in [2.24, 2.45) is 5.92 Å². The SMILES string of the molecule is CC(C)CC(C)(c1c(O)ccc2ccccc12)c1c(O)ccc2ccccc12. The van der Waals surface area contributed by atoms with E-state index in [4.69, 9.17) is 0 Å². The van der Waals surface area contributed by atoms with Crippen LogP contribution in [0.2, 0.25) is 0 Å². The lowest BCUT2D eigenvalue weighted by molar-refractivity contribution is 0.386. The minimum atomic E-state index is -0.552. The zero-order valence-corrected chi connectivity index (χ0v) is 16.6. The van der Waals surface area contributed by atoms with Gasteiger partial charge >= 0.3 is 0 Å². The summed E-state index contributed by atoms with van der Waals surface area (Å²) in [5, 5.41) is 26.2. The summed E-state index contributed by atoms with van der Waals surface area (Å²) in [6.07, 6.45) is 0.802. The van der Waals surface area contributed by atoms with Gasteiger partial charge in [-0.05, 0) is 46.0 Å². The van der Waals surface area contributed by atoms with E-state index in [-0.39, 0.29) is 11.5 Å². The number of benzene rings is 4. The Morgan fingerprint density at radius 1 is 0.679 bits per heavy atom. The van der Waals surface area contributed by atoms with E-state index in [0.717, 1.165) is 39.1 Å². The summed E-state index contributed by atoms with van der Waals surface area (Å²) >= 11 is 0. The molecule has 142 valence electrons. The maximum absolute atomic E-state index is 11.0. The standard InChI is InChI=1S/C26H26O2/c1-17(2)16-26(3,24-20-10-6-4-8-18(20)12-14-22(24)27)25-21-11-7-5-9-19(21)13-15-23(25)28/h4-15,17,27-28H,16H2,1-3H3. The lowest BCUT2D eigenvalue weighted by Gasteiger charge is -2.35. The smallest absolute Gasteiger partial charge is 0.120 e. The van der Waals surface area contributed by atoms with Gasteiger partial charge in [-0.3, -0.25) is 0 Å². The topological polar surface area (TPSA) is 40.5 Å². The molecule has 0 aliphatic heterocycles. The van der Waals surface area contributed by atoms with Gasteiger partial charge in [0.05, 0.1) is 0 Å². The van der Waals surface area contributed by atoms with Crippen molar-refractivity contribution in [1.29, 1.82) is 0 Å². The Kier molecular flexibility index (Phi) is 4.50. The van der Waals surface area contributed by atoms with E-state index in [2.05, 4.69) is 45.0 Å². The Morgan fingerprint density at radius 2 is 1.11 bits per heavy atom. The molecule has 0 saturated heterocycles. The Hall–Kier alpha value is -3.00. The number of rotatable bonds is 4. The zero-order valence-electron chi connectivity index (χ0n) is 16.6. The highest BCUT2D eigenvalue weighted by molar-refractivity contribution is 5.93. The van der Waals surface area contributed by atoms with Crippen LogP contribution in [0, 0.1) is 5.92 Å². The number of hydrogen-bond donors (Lipinski definition) is 2. The highest BCUT2D eigenvalue weighted by Gasteiger charge is 2.37. The molecule has 0 spiro atoms. The van der Waals surface area contributed by atoms with Crippen molar-refractivity contribution in [3.05, 3.63) is 83.9 Å². The van der Waals surface area contributed by atoms with Crippen molar-refractivity contribution >= 4 is 21.5 Å². The van der Waals surface area contributed by atoms with Gasteiger partial charge in [0.2, 0.25) is 0 Å². The molecule has 0 fully saturated rings. The maximum atomic E-state index is 11.0. The van der Waals surface area contributed by atoms with Crippen LogP contribution in [-0.4, -0.2) is 10.2 Å². The van der Waals surface area contributed by atoms with Gasteiger partial charge in [-0.1, -0.05) is 81.4 Å². The monoisotopic (exact) mass is 370 g/mol. The molecule has 0 aliphatic rings. The quantitative estimate of drug-likeness (QED) is 0.417. The van der Waals surface area contributed by atoms with Crippen LogP contribution in [0.3, 0.4) is 0 Å². The molecule has 0 amide bonds. The molecule has 28 heavy (non-hydrogen) atoms. The van der Waals surface area contributed by atoms with Crippen molar-refractivity contribution in [1.82, 2.24) is 0 Å². The number of fused-ring (bicyclic) bond motifs is 2. The second kappa shape index (κ2) is 6.87. The van der Waals surface area contributed by atoms with Crippen molar-refractivity contribution in [2.45, 2.75) is 32.6 Å². The van der Waals surface area contributed by atoms with Gasteiger partial charge in [0.25, 0.3) is 0 Å². The lowest BCUT2D eigenvalue weighted by Crippen LogP contribution is -2.27. The van der Waals surface area contributed by atoms with Crippen LogP contribution >= 0.6 is 0 Å². The molecular formula is C26H26O2. The first-order valence-electron chi connectivity index (χ1n) is 9.84. The van der Waals surface area contributed by atoms with Crippen LogP contribution in [0.5, 0.6) is 11.5 Å². The summed E-state index contributed by atoms with van der Waals surface area (Å²) in [6.45, 7) is 6.52. The summed E-state index contributed by atoms with van der Waals surface area (Å²) in [4.78, 5) is 0. The molecule has 4 rings (SSSR count). The molecule has 2 nitrogen and oxygen atoms in total. The molecule has 4 aromatic rings. The number of phenols is 2. The van der Waals surface area contributed by atoms with Gasteiger partial charge in [-0.2, -0.15) is 0 Å². The molecule has 0 atom stereocenters. The van der Waals surface area contributed by atoms with Crippen molar-refractivity contribution < 1.29 is 10.2 Å². The van der Waals surface area contributed by atoms with Gasteiger partial charge in [0, 0.05) is 16.5 Å². The van der Waals surface area contributed by atoms with Gasteiger partial charge < -0.3 is 10.2 Å². The Balaban J connectivity index is 2.14. The Morgan fingerprint density at radius 3 is 1.54 bits per heavy atom. The minimum absolute atomic E-state index is 0.272. The Bertz CT molecular complexity index is 1070. The number of aromatic hydroxyl groups is 2. The van der Waals surface area contributed by atoms with E-state index >= 15 is 0 Å². The number of hydrogen-bond acceptors (Lipinski definition) is 2. The molecular weight excluding hydrogens is 344 g/mol. The molecule has 2 N–H and O–H groups in total. The average Bonchev–Trinajstić information content (AvgIpc) is 2.66. The van der Waals surface area contributed by atoms with E-state index < -0.39 is 5.41 Å².